The second kappa shape index (κ2) is 6.83. The fraction of sp³-hybridized carbons (Fsp3) is 0.471. The van der Waals surface area contributed by atoms with E-state index in [1.165, 1.54) is 0 Å². The monoisotopic (exact) mass is 297 g/mol. The normalized spacial score (nSPS) is 16.2. The van der Waals surface area contributed by atoms with Crippen molar-refractivity contribution in [3.05, 3.63) is 48.2 Å². The molecule has 5 heteroatoms. The highest BCUT2D eigenvalue weighted by Crippen LogP contribution is 2.14. The average molecular weight is 297 g/mol. The Bertz CT molecular complexity index is 591. The first-order valence-corrected chi connectivity index (χ1v) is 7.92. The van der Waals surface area contributed by atoms with Gasteiger partial charge in [0.05, 0.1) is 5.69 Å². The Morgan fingerprint density at radius 1 is 1.00 bits per heavy atom. The first-order chi connectivity index (χ1) is 10.7. The largest absolute Gasteiger partial charge is 0.354 e. The summed E-state index contributed by atoms with van der Waals surface area (Å²) < 4.78 is 0. The summed E-state index contributed by atoms with van der Waals surface area (Å²) in [7, 11) is 0. The minimum Gasteiger partial charge on any atom is -0.354 e. The third-order valence-corrected chi connectivity index (χ3v) is 3.98. The molecule has 1 aliphatic rings. The van der Waals surface area contributed by atoms with Crippen molar-refractivity contribution >= 4 is 5.82 Å². The predicted octanol–water partition coefficient (Wildman–Crippen LogP) is 2.32. The van der Waals surface area contributed by atoms with Gasteiger partial charge in [0.15, 0.2) is 0 Å². The Kier molecular flexibility index (Phi) is 4.63. The molecule has 0 saturated carbocycles. The van der Waals surface area contributed by atoms with Gasteiger partial charge < -0.3 is 4.90 Å². The van der Waals surface area contributed by atoms with E-state index in [9.17, 15) is 0 Å². The number of piperazine rings is 1. The molecule has 0 amide bonds. The van der Waals surface area contributed by atoms with E-state index in [2.05, 4.69) is 44.7 Å². The van der Waals surface area contributed by atoms with Crippen molar-refractivity contribution in [1.82, 2.24) is 19.9 Å². The lowest BCUT2D eigenvalue weighted by Gasteiger charge is -2.35. The first kappa shape index (κ1) is 14.9. The standard InChI is InChI=1S/C17H23N5/c1-14(2)17-19-8-6-15(20-17)13-21-9-11-22(12-10-21)16-5-3-4-7-18-16/h3-8,14H,9-13H2,1-2H3. The molecule has 5 nitrogen and oxygen atoms in total. The Balaban J connectivity index is 1.57. The molecule has 1 saturated heterocycles. The maximum atomic E-state index is 4.66. The Morgan fingerprint density at radius 2 is 1.82 bits per heavy atom. The van der Waals surface area contributed by atoms with Crippen LogP contribution in [0.3, 0.4) is 0 Å². The molecule has 22 heavy (non-hydrogen) atoms. The van der Waals surface area contributed by atoms with E-state index in [0.29, 0.717) is 5.92 Å². The van der Waals surface area contributed by atoms with E-state index >= 15 is 0 Å². The van der Waals surface area contributed by atoms with Gasteiger partial charge in [0.2, 0.25) is 0 Å². The molecule has 0 N–H and O–H groups in total. The summed E-state index contributed by atoms with van der Waals surface area (Å²) in [5, 5.41) is 0. The molecule has 2 aromatic heterocycles. The van der Waals surface area contributed by atoms with Gasteiger partial charge in [-0.25, -0.2) is 15.0 Å². The van der Waals surface area contributed by atoms with Crippen molar-refractivity contribution in [2.75, 3.05) is 31.1 Å². The van der Waals surface area contributed by atoms with Gasteiger partial charge in [-0.3, -0.25) is 4.90 Å². The van der Waals surface area contributed by atoms with Crippen LogP contribution in [0.2, 0.25) is 0 Å². The molecule has 3 heterocycles. The SMILES string of the molecule is CC(C)c1nccc(CN2CCN(c3ccccn3)CC2)n1. The van der Waals surface area contributed by atoms with Gasteiger partial charge in [-0.05, 0) is 18.2 Å². The predicted molar refractivity (Wildman–Crippen MR) is 87.8 cm³/mol. The van der Waals surface area contributed by atoms with Crippen molar-refractivity contribution in [3.8, 4) is 0 Å². The summed E-state index contributed by atoms with van der Waals surface area (Å²) in [6.07, 6.45) is 3.73. The van der Waals surface area contributed by atoms with Crippen molar-refractivity contribution in [2.24, 2.45) is 0 Å². The summed E-state index contributed by atoms with van der Waals surface area (Å²) >= 11 is 0. The number of nitrogens with zero attached hydrogens (tertiary/aromatic N) is 5. The van der Waals surface area contributed by atoms with Crippen LogP contribution < -0.4 is 4.90 Å². The number of aromatic nitrogens is 3. The third-order valence-electron chi connectivity index (χ3n) is 3.98. The van der Waals surface area contributed by atoms with Crippen LogP contribution in [0, 0.1) is 0 Å². The smallest absolute Gasteiger partial charge is 0.131 e. The van der Waals surface area contributed by atoms with Gasteiger partial charge in [0, 0.05) is 51.0 Å². The Hall–Kier alpha value is -2.01. The van der Waals surface area contributed by atoms with E-state index in [0.717, 1.165) is 50.1 Å². The zero-order chi connectivity index (χ0) is 15.4. The van der Waals surface area contributed by atoms with E-state index in [1.54, 1.807) is 0 Å². The molecule has 3 rings (SSSR count). The molecule has 2 aromatic rings. The van der Waals surface area contributed by atoms with Crippen LogP contribution in [0.15, 0.2) is 36.7 Å². The van der Waals surface area contributed by atoms with Crippen LogP contribution in [-0.4, -0.2) is 46.0 Å². The maximum absolute atomic E-state index is 4.66. The molecule has 0 bridgehead atoms. The Morgan fingerprint density at radius 3 is 2.50 bits per heavy atom. The van der Waals surface area contributed by atoms with Crippen molar-refractivity contribution < 1.29 is 0 Å². The van der Waals surface area contributed by atoms with Crippen molar-refractivity contribution in [3.63, 3.8) is 0 Å². The fourth-order valence-electron chi connectivity index (χ4n) is 2.68. The van der Waals surface area contributed by atoms with Crippen LogP contribution in [0.1, 0.15) is 31.3 Å². The van der Waals surface area contributed by atoms with Gasteiger partial charge in [-0.15, -0.1) is 0 Å². The average Bonchev–Trinajstić information content (AvgIpc) is 2.56. The number of hydrogen-bond donors (Lipinski definition) is 0. The summed E-state index contributed by atoms with van der Waals surface area (Å²) in [5.74, 6) is 2.39. The number of anilines is 1. The summed E-state index contributed by atoms with van der Waals surface area (Å²) in [5.41, 5.74) is 1.12. The zero-order valence-corrected chi connectivity index (χ0v) is 13.3. The molecule has 0 spiro atoms. The maximum Gasteiger partial charge on any atom is 0.131 e. The lowest BCUT2D eigenvalue weighted by molar-refractivity contribution is 0.246. The lowest BCUT2D eigenvalue weighted by Crippen LogP contribution is -2.46. The number of pyridine rings is 1. The second-order valence-electron chi connectivity index (χ2n) is 6.01. The fourth-order valence-corrected chi connectivity index (χ4v) is 2.68. The lowest BCUT2D eigenvalue weighted by atomic mass is 10.2. The quantitative estimate of drug-likeness (QED) is 0.866. The molecular weight excluding hydrogens is 274 g/mol. The molecule has 0 aliphatic carbocycles. The van der Waals surface area contributed by atoms with Gasteiger partial charge in [-0.1, -0.05) is 19.9 Å². The van der Waals surface area contributed by atoms with Gasteiger partial charge >= 0.3 is 0 Å². The second-order valence-corrected chi connectivity index (χ2v) is 6.01. The third kappa shape index (κ3) is 3.60. The highest BCUT2D eigenvalue weighted by atomic mass is 15.3. The minimum absolute atomic E-state index is 0.376. The Labute approximate surface area is 132 Å². The van der Waals surface area contributed by atoms with Gasteiger partial charge in [-0.2, -0.15) is 0 Å². The van der Waals surface area contributed by atoms with Crippen LogP contribution in [-0.2, 0) is 6.54 Å². The number of hydrogen-bond acceptors (Lipinski definition) is 5. The molecule has 116 valence electrons. The van der Waals surface area contributed by atoms with E-state index in [1.807, 2.05) is 30.6 Å². The highest BCUT2D eigenvalue weighted by Gasteiger charge is 2.18. The topological polar surface area (TPSA) is 45.2 Å². The summed E-state index contributed by atoms with van der Waals surface area (Å²) in [6, 6.07) is 8.11. The molecule has 1 aliphatic heterocycles. The van der Waals surface area contributed by atoms with Gasteiger partial charge in [0.1, 0.15) is 11.6 Å². The first-order valence-electron chi connectivity index (χ1n) is 7.92. The van der Waals surface area contributed by atoms with Crippen LogP contribution in [0.5, 0.6) is 0 Å². The number of rotatable bonds is 4. The van der Waals surface area contributed by atoms with Crippen LogP contribution in [0.25, 0.3) is 0 Å². The molecule has 0 radical (unpaired) electrons. The van der Waals surface area contributed by atoms with Crippen LogP contribution in [0.4, 0.5) is 5.82 Å². The molecular formula is C17H23N5. The minimum atomic E-state index is 0.376. The van der Waals surface area contributed by atoms with Crippen molar-refractivity contribution in [2.45, 2.75) is 26.3 Å². The molecule has 0 atom stereocenters. The summed E-state index contributed by atoms with van der Waals surface area (Å²) in [6.45, 7) is 9.27. The van der Waals surface area contributed by atoms with E-state index in [4.69, 9.17) is 0 Å². The van der Waals surface area contributed by atoms with Crippen LogP contribution >= 0.6 is 0 Å². The molecule has 0 unspecified atom stereocenters. The van der Waals surface area contributed by atoms with E-state index in [-0.39, 0.29) is 0 Å². The van der Waals surface area contributed by atoms with Gasteiger partial charge in [0.25, 0.3) is 0 Å². The molecule has 0 aromatic carbocycles. The van der Waals surface area contributed by atoms with E-state index < -0.39 is 0 Å². The molecule has 1 fully saturated rings. The summed E-state index contributed by atoms with van der Waals surface area (Å²) in [4.78, 5) is 18.2. The zero-order valence-electron chi connectivity index (χ0n) is 13.3. The van der Waals surface area contributed by atoms with Crippen molar-refractivity contribution in [1.29, 1.82) is 0 Å². The highest BCUT2D eigenvalue weighted by molar-refractivity contribution is 5.38.